The van der Waals surface area contributed by atoms with Crippen LogP contribution >= 0.6 is 0 Å². The van der Waals surface area contributed by atoms with E-state index >= 15 is 0 Å². The molecule has 0 saturated carbocycles. The number of halogens is 2. The summed E-state index contributed by atoms with van der Waals surface area (Å²) in [6, 6.07) is -1.02. The standard InChI is InChI=1S/C6H13F2N/c1-3-4-6(7,8)5(2)9/h5H,3-4,9H2,1-2H3/t5-/m0/s1. The fourth-order valence-electron chi connectivity index (χ4n) is 0.561. The molecule has 0 unspecified atom stereocenters. The maximum Gasteiger partial charge on any atom is 0.262 e. The smallest absolute Gasteiger partial charge is 0.262 e. The van der Waals surface area contributed by atoms with Gasteiger partial charge in [-0.1, -0.05) is 13.3 Å². The van der Waals surface area contributed by atoms with Crippen molar-refractivity contribution in [2.45, 2.75) is 38.7 Å². The highest BCUT2D eigenvalue weighted by Crippen LogP contribution is 2.22. The summed E-state index contributed by atoms with van der Waals surface area (Å²) in [6.07, 6.45) is 0.374. The summed E-state index contributed by atoms with van der Waals surface area (Å²) in [4.78, 5) is 0. The van der Waals surface area contributed by atoms with Crippen LogP contribution in [0.3, 0.4) is 0 Å². The van der Waals surface area contributed by atoms with Gasteiger partial charge in [-0.25, -0.2) is 8.78 Å². The lowest BCUT2D eigenvalue weighted by Gasteiger charge is -2.18. The van der Waals surface area contributed by atoms with E-state index in [0.29, 0.717) is 6.42 Å². The highest BCUT2D eigenvalue weighted by molar-refractivity contribution is 4.74. The first-order valence-corrected chi connectivity index (χ1v) is 3.14. The van der Waals surface area contributed by atoms with Crippen molar-refractivity contribution >= 4 is 0 Å². The molecule has 2 N–H and O–H groups in total. The van der Waals surface area contributed by atoms with Gasteiger partial charge in [-0.15, -0.1) is 0 Å². The molecular formula is C6H13F2N. The first-order chi connectivity index (χ1) is 4.00. The third-order valence-electron chi connectivity index (χ3n) is 1.25. The lowest BCUT2D eigenvalue weighted by molar-refractivity contribution is -0.0282. The van der Waals surface area contributed by atoms with Crippen molar-refractivity contribution in [3.63, 3.8) is 0 Å². The molecule has 0 radical (unpaired) electrons. The molecule has 0 aliphatic heterocycles. The molecule has 0 aromatic carbocycles. The van der Waals surface area contributed by atoms with E-state index < -0.39 is 12.0 Å². The third kappa shape index (κ3) is 2.75. The Kier molecular flexibility index (Phi) is 3.04. The van der Waals surface area contributed by atoms with Crippen molar-refractivity contribution in [1.82, 2.24) is 0 Å². The van der Waals surface area contributed by atoms with Crippen LogP contribution in [-0.4, -0.2) is 12.0 Å². The average Bonchev–Trinajstić information content (AvgIpc) is 1.65. The Morgan fingerprint density at radius 2 is 2.00 bits per heavy atom. The molecule has 0 rings (SSSR count). The Morgan fingerprint density at radius 1 is 1.56 bits per heavy atom. The first kappa shape index (κ1) is 8.82. The van der Waals surface area contributed by atoms with Crippen LogP contribution in [0.5, 0.6) is 0 Å². The molecule has 9 heavy (non-hydrogen) atoms. The van der Waals surface area contributed by atoms with Crippen LogP contribution in [0.1, 0.15) is 26.7 Å². The van der Waals surface area contributed by atoms with E-state index in [0.717, 1.165) is 0 Å². The minimum atomic E-state index is -2.67. The summed E-state index contributed by atoms with van der Waals surface area (Å²) in [5.41, 5.74) is 5.01. The van der Waals surface area contributed by atoms with Crippen molar-refractivity contribution in [3.05, 3.63) is 0 Å². The zero-order valence-corrected chi connectivity index (χ0v) is 5.82. The molecule has 3 heteroatoms. The van der Waals surface area contributed by atoms with Crippen molar-refractivity contribution in [2.24, 2.45) is 5.73 Å². The van der Waals surface area contributed by atoms with Gasteiger partial charge in [0.2, 0.25) is 0 Å². The fourth-order valence-corrected chi connectivity index (χ4v) is 0.561. The van der Waals surface area contributed by atoms with Crippen molar-refractivity contribution < 1.29 is 8.78 Å². The number of hydrogen-bond donors (Lipinski definition) is 1. The van der Waals surface area contributed by atoms with Gasteiger partial charge in [0.25, 0.3) is 5.92 Å². The third-order valence-corrected chi connectivity index (χ3v) is 1.25. The topological polar surface area (TPSA) is 26.0 Å². The Balaban J connectivity index is 3.70. The van der Waals surface area contributed by atoms with E-state index in [-0.39, 0.29) is 6.42 Å². The van der Waals surface area contributed by atoms with Gasteiger partial charge in [0.15, 0.2) is 0 Å². The molecule has 1 atom stereocenters. The molecule has 0 fully saturated rings. The SMILES string of the molecule is CCCC(F)(F)[C@H](C)N. The van der Waals surface area contributed by atoms with Crippen LogP contribution in [0.4, 0.5) is 8.78 Å². The Labute approximate surface area is 54.2 Å². The number of alkyl halides is 2. The summed E-state index contributed by atoms with van der Waals surface area (Å²) >= 11 is 0. The van der Waals surface area contributed by atoms with Crippen LogP contribution in [0.25, 0.3) is 0 Å². The number of rotatable bonds is 3. The zero-order valence-electron chi connectivity index (χ0n) is 5.82. The fraction of sp³-hybridized carbons (Fsp3) is 1.00. The van der Waals surface area contributed by atoms with Gasteiger partial charge in [0, 0.05) is 6.42 Å². The summed E-state index contributed by atoms with van der Waals surface area (Å²) < 4.78 is 24.8. The minimum Gasteiger partial charge on any atom is -0.323 e. The molecule has 0 heterocycles. The van der Waals surface area contributed by atoms with Crippen molar-refractivity contribution in [3.8, 4) is 0 Å². The van der Waals surface area contributed by atoms with E-state index in [1.54, 1.807) is 6.92 Å². The first-order valence-electron chi connectivity index (χ1n) is 3.14. The van der Waals surface area contributed by atoms with Crippen LogP contribution in [-0.2, 0) is 0 Å². The average molecular weight is 137 g/mol. The van der Waals surface area contributed by atoms with Gasteiger partial charge in [-0.05, 0) is 6.92 Å². The molecule has 0 aromatic rings. The van der Waals surface area contributed by atoms with E-state index in [4.69, 9.17) is 5.73 Å². The van der Waals surface area contributed by atoms with Crippen LogP contribution < -0.4 is 5.73 Å². The molecule has 0 aliphatic carbocycles. The Hall–Kier alpha value is -0.180. The predicted octanol–water partition coefficient (Wildman–Crippen LogP) is 1.77. The number of hydrogen-bond acceptors (Lipinski definition) is 1. The van der Waals surface area contributed by atoms with Crippen molar-refractivity contribution in [2.75, 3.05) is 0 Å². The maximum absolute atomic E-state index is 12.4. The van der Waals surface area contributed by atoms with Gasteiger partial charge in [-0.3, -0.25) is 0 Å². The largest absolute Gasteiger partial charge is 0.323 e. The normalized spacial score (nSPS) is 15.7. The number of nitrogens with two attached hydrogens (primary N) is 1. The quantitative estimate of drug-likeness (QED) is 0.630. The minimum absolute atomic E-state index is 0.106. The van der Waals surface area contributed by atoms with E-state index in [2.05, 4.69) is 0 Å². The molecule has 0 aromatic heterocycles. The predicted molar refractivity (Wildman–Crippen MR) is 33.5 cm³/mol. The van der Waals surface area contributed by atoms with Crippen LogP contribution in [0.15, 0.2) is 0 Å². The van der Waals surface area contributed by atoms with Gasteiger partial charge in [0.05, 0.1) is 6.04 Å². The monoisotopic (exact) mass is 137 g/mol. The molecule has 1 nitrogen and oxygen atoms in total. The second-order valence-electron chi connectivity index (χ2n) is 2.30. The molecule has 0 amide bonds. The Morgan fingerprint density at radius 3 is 2.11 bits per heavy atom. The van der Waals surface area contributed by atoms with Crippen LogP contribution in [0, 0.1) is 0 Å². The summed E-state index contributed by atoms with van der Waals surface area (Å²) in [5, 5.41) is 0. The summed E-state index contributed by atoms with van der Waals surface area (Å²) in [5.74, 6) is -2.67. The molecule has 0 aliphatic rings. The van der Waals surface area contributed by atoms with Gasteiger partial charge >= 0.3 is 0 Å². The van der Waals surface area contributed by atoms with E-state index in [1.807, 2.05) is 0 Å². The summed E-state index contributed by atoms with van der Waals surface area (Å²) in [6.45, 7) is 3.05. The molecule has 0 bridgehead atoms. The second kappa shape index (κ2) is 3.11. The zero-order chi connectivity index (χ0) is 7.49. The highest BCUT2D eigenvalue weighted by atomic mass is 19.3. The summed E-state index contributed by atoms with van der Waals surface area (Å²) in [7, 11) is 0. The molecular weight excluding hydrogens is 124 g/mol. The van der Waals surface area contributed by atoms with E-state index in [9.17, 15) is 8.78 Å². The molecule has 0 spiro atoms. The Bertz CT molecular complexity index is 81.1. The lowest BCUT2D eigenvalue weighted by atomic mass is 10.1. The van der Waals surface area contributed by atoms with E-state index in [1.165, 1.54) is 6.92 Å². The highest BCUT2D eigenvalue weighted by Gasteiger charge is 2.31. The second-order valence-corrected chi connectivity index (χ2v) is 2.30. The van der Waals surface area contributed by atoms with Gasteiger partial charge < -0.3 is 5.73 Å². The van der Waals surface area contributed by atoms with Crippen molar-refractivity contribution in [1.29, 1.82) is 0 Å². The van der Waals surface area contributed by atoms with Gasteiger partial charge in [-0.2, -0.15) is 0 Å². The maximum atomic E-state index is 12.4. The van der Waals surface area contributed by atoms with Crippen LogP contribution in [0.2, 0.25) is 0 Å². The molecule has 0 saturated heterocycles. The molecule has 56 valence electrons. The lowest BCUT2D eigenvalue weighted by Crippen LogP contribution is -2.37. The van der Waals surface area contributed by atoms with Gasteiger partial charge in [0.1, 0.15) is 0 Å².